The average Bonchev–Trinajstić information content (AvgIpc) is 2.81. The van der Waals surface area contributed by atoms with E-state index in [4.69, 9.17) is 29.0 Å². The van der Waals surface area contributed by atoms with Crippen molar-refractivity contribution in [3.05, 3.63) is 51.8 Å². The quantitative estimate of drug-likeness (QED) is 0.659. The molecule has 1 aromatic carbocycles. The van der Waals surface area contributed by atoms with Gasteiger partial charge in [0.05, 0.1) is 16.2 Å². The maximum absolute atomic E-state index is 6.21. The molecule has 3 N–H and O–H groups in total. The molecule has 0 amide bonds. The van der Waals surface area contributed by atoms with E-state index in [9.17, 15) is 0 Å². The van der Waals surface area contributed by atoms with Crippen LogP contribution in [0.2, 0.25) is 10.0 Å². The molecule has 1 atom stereocenters. The van der Waals surface area contributed by atoms with Crippen molar-refractivity contribution in [3.63, 3.8) is 0 Å². The molecule has 6 heteroatoms. The lowest BCUT2D eigenvalue weighted by Crippen LogP contribution is -2.28. The van der Waals surface area contributed by atoms with E-state index < -0.39 is 0 Å². The largest absolute Gasteiger partial charge is 0.276 e. The number of nitrogens with zero attached hydrogens (tertiary/aromatic N) is 2. The van der Waals surface area contributed by atoms with E-state index in [0.29, 0.717) is 10.0 Å². The standard InChI is InChI=1S/C13H16Cl2N4/c1-19-8-9(7-17-19)5-6-12(18-16)10-3-2-4-11(14)13(10)15/h2-4,7-8,12,18H,5-6,16H2,1H3. The normalized spacial score (nSPS) is 12.6. The molecule has 1 aromatic heterocycles. The van der Waals surface area contributed by atoms with Crippen LogP contribution in [0.5, 0.6) is 0 Å². The molecule has 0 spiro atoms. The first-order valence-corrected chi connectivity index (χ1v) is 6.75. The van der Waals surface area contributed by atoms with Gasteiger partial charge in [0.2, 0.25) is 0 Å². The van der Waals surface area contributed by atoms with Crippen molar-refractivity contribution in [2.24, 2.45) is 12.9 Å². The van der Waals surface area contributed by atoms with Crippen LogP contribution in [-0.2, 0) is 13.5 Å². The number of hydrogen-bond donors (Lipinski definition) is 2. The first-order chi connectivity index (χ1) is 9.11. The van der Waals surface area contributed by atoms with Crippen LogP contribution in [0.1, 0.15) is 23.6 Å². The third-order valence-electron chi connectivity index (χ3n) is 3.04. The summed E-state index contributed by atoms with van der Waals surface area (Å²) in [5.74, 6) is 5.62. The summed E-state index contributed by atoms with van der Waals surface area (Å²) in [6.07, 6.45) is 5.54. The molecule has 19 heavy (non-hydrogen) atoms. The van der Waals surface area contributed by atoms with Gasteiger partial charge in [0.1, 0.15) is 0 Å². The van der Waals surface area contributed by atoms with Gasteiger partial charge >= 0.3 is 0 Å². The summed E-state index contributed by atoms with van der Waals surface area (Å²) in [6.45, 7) is 0. The van der Waals surface area contributed by atoms with Crippen LogP contribution in [0, 0.1) is 0 Å². The van der Waals surface area contributed by atoms with Crippen molar-refractivity contribution in [2.45, 2.75) is 18.9 Å². The highest BCUT2D eigenvalue weighted by Crippen LogP contribution is 2.31. The SMILES string of the molecule is Cn1cc(CCC(NN)c2cccc(Cl)c2Cl)cn1. The molecule has 4 nitrogen and oxygen atoms in total. The van der Waals surface area contributed by atoms with Crippen LogP contribution in [0.15, 0.2) is 30.6 Å². The highest BCUT2D eigenvalue weighted by atomic mass is 35.5. The Morgan fingerprint density at radius 3 is 2.84 bits per heavy atom. The van der Waals surface area contributed by atoms with E-state index in [0.717, 1.165) is 18.4 Å². The van der Waals surface area contributed by atoms with Gasteiger partial charge in [-0.05, 0) is 30.0 Å². The summed E-state index contributed by atoms with van der Waals surface area (Å²) >= 11 is 12.2. The molecule has 2 aromatic rings. The fourth-order valence-electron chi connectivity index (χ4n) is 2.03. The van der Waals surface area contributed by atoms with Gasteiger partial charge in [-0.3, -0.25) is 16.0 Å². The number of hydrogen-bond acceptors (Lipinski definition) is 3. The number of rotatable bonds is 5. The second kappa shape index (κ2) is 6.39. The molecule has 0 aliphatic rings. The van der Waals surface area contributed by atoms with Gasteiger partial charge < -0.3 is 0 Å². The number of hydrazine groups is 1. The van der Waals surface area contributed by atoms with E-state index in [1.165, 1.54) is 5.56 Å². The van der Waals surface area contributed by atoms with E-state index >= 15 is 0 Å². The molecule has 1 heterocycles. The predicted molar refractivity (Wildman–Crippen MR) is 78.1 cm³/mol. The Labute approximate surface area is 122 Å². The molecule has 0 aliphatic carbocycles. The van der Waals surface area contributed by atoms with Crippen LogP contribution in [0.25, 0.3) is 0 Å². The van der Waals surface area contributed by atoms with E-state index in [1.807, 2.05) is 31.6 Å². The molecule has 0 bridgehead atoms. The maximum Gasteiger partial charge on any atom is 0.0640 e. The van der Waals surface area contributed by atoms with Crippen LogP contribution in [-0.4, -0.2) is 9.78 Å². The smallest absolute Gasteiger partial charge is 0.0640 e. The predicted octanol–water partition coefficient (Wildman–Crippen LogP) is 2.86. The number of aromatic nitrogens is 2. The number of aryl methyl sites for hydroxylation is 2. The van der Waals surface area contributed by atoms with Crippen molar-refractivity contribution >= 4 is 23.2 Å². The highest BCUT2D eigenvalue weighted by molar-refractivity contribution is 6.42. The summed E-state index contributed by atoms with van der Waals surface area (Å²) < 4.78 is 1.78. The van der Waals surface area contributed by atoms with E-state index in [2.05, 4.69) is 10.5 Å². The summed E-state index contributed by atoms with van der Waals surface area (Å²) in [7, 11) is 1.90. The van der Waals surface area contributed by atoms with Crippen molar-refractivity contribution in [3.8, 4) is 0 Å². The Kier molecular flexibility index (Phi) is 4.82. The topological polar surface area (TPSA) is 55.9 Å². The summed E-state index contributed by atoms with van der Waals surface area (Å²) in [5.41, 5.74) is 4.88. The Morgan fingerprint density at radius 1 is 1.42 bits per heavy atom. The third-order valence-corrected chi connectivity index (χ3v) is 3.87. The van der Waals surface area contributed by atoms with Crippen molar-refractivity contribution in [1.29, 1.82) is 0 Å². The fraction of sp³-hybridized carbons (Fsp3) is 0.308. The van der Waals surface area contributed by atoms with Gasteiger partial charge in [0.15, 0.2) is 0 Å². The maximum atomic E-state index is 6.21. The molecule has 0 saturated carbocycles. The molecule has 0 aliphatic heterocycles. The van der Waals surface area contributed by atoms with Gasteiger partial charge in [-0.25, -0.2) is 0 Å². The summed E-state index contributed by atoms with van der Waals surface area (Å²) in [4.78, 5) is 0. The molecule has 2 rings (SSSR count). The molecule has 0 saturated heterocycles. The lowest BCUT2D eigenvalue weighted by molar-refractivity contribution is 0.516. The average molecular weight is 299 g/mol. The van der Waals surface area contributed by atoms with Crippen molar-refractivity contribution in [2.75, 3.05) is 0 Å². The Morgan fingerprint density at radius 2 is 2.21 bits per heavy atom. The van der Waals surface area contributed by atoms with Crippen LogP contribution >= 0.6 is 23.2 Å². The zero-order valence-electron chi connectivity index (χ0n) is 10.6. The van der Waals surface area contributed by atoms with Gasteiger partial charge in [0, 0.05) is 19.3 Å². The highest BCUT2D eigenvalue weighted by Gasteiger charge is 2.15. The van der Waals surface area contributed by atoms with Crippen molar-refractivity contribution < 1.29 is 0 Å². The van der Waals surface area contributed by atoms with Crippen LogP contribution < -0.4 is 11.3 Å². The van der Waals surface area contributed by atoms with Crippen LogP contribution in [0.3, 0.4) is 0 Å². The zero-order valence-corrected chi connectivity index (χ0v) is 12.1. The second-order valence-electron chi connectivity index (χ2n) is 4.42. The first-order valence-electron chi connectivity index (χ1n) is 5.99. The second-order valence-corrected chi connectivity index (χ2v) is 5.21. The number of halogens is 2. The minimum absolute atomic E-state index is 0.0357. The Balaban J connectivity index is 2.09. The first kappa shape index (κ1) is 14.3. The minimum Gasteiger partial charge on any atom is -0.276 e. The molecule has 102 valence electrons. The van der Waals surface area contributed by atoms with Crippen molar-refractivity contribution in [1.82, 2.24) is 15.2 Å². The zero-order chi connectivity index (χ0) is 13.8. The summed E-state index contributed by atoms with van der Waals surface area (Å²) in [5, 5.41) is 5.24. The van der Waals surface area contributed by atoms with Gasteiger partial charge in [-0.1, -0.05) is 35.3 Å². The van der Waals surface area contributed by atoms with E-state index in [-0.39, 0.29) is 6.04 Å². The minimum atomic E-state index is -0.0357. The van der Waals surface area contributed by atoms with Gasteiger partial charge in [-0.2, -0.15) is 5.10 Å². The molecular weight excluding hydrogens is 283 g/mol. The number of benzene rings is 1. The van der Waals surface area contributed by atoms with Crippen LogP contribution in [0.4, 0.5) is 0 Å². The summed E-state index contributed by atoms with van der Waals surface area (Å²) in [6, 6.07) is 5.54. The third kappa shape index (κ3) is 3.48. The van der Waals surface area contributed by atoms with E-state index in [1.54, 1.807) is 10.7 Å². The Hall–Kier alpha value is -1.07. The lowest BCUT2D eigenvalue weighted by Gasteiger charge is -2.17. The number of nitrogens with two attached hydrogens (primary N) is 1. The monoisotopic (exact) mass is 298 g/mol. The molecule has 0 fully saturated rings. The molecule has 1 unspecified atom stereocenters. The molecular formula is C13H16Cl2N4. The fourth-order valence-corrected chi connectivity index (χ4v) is 2.47. The van der Waals surface area contributed by atoms with Gasteiger partial charge in [-0.15, -0.1) is 0 Å². The Bertz CT molecular complexity index is 553. The van der Waals surface area contributed by atoms with Gasteiger partial charge in [0.25, 0.3) is 0 Å². The molecule has 0 radical (unpaired) electrons. The lowest BCUT2D eigenvalue weighted by atomic mass is 10.0. The number of nitrogens with one attached hydrogen (secondary N) is 1.